The van der Waals surface area contributed by atoms with Gasteiger partial charge in [-0.2, -0.15) is 0 Å². The van der Waals surface area contributed by atoms with Crippen LogP contribution in [0.2, 0.25) is 0 Å². The van der Waals surface area contributed by atoms with E-state index in [1.807, 2.05) is 0 Å². The van der Waals surface area contributed by atoms with Gasteiger partial charge in [0.2, 0.25) is 5.91 Å². The molecule has 1 amide bonds. The molecule has 1 saturated heterocycles. The number of hydrogen-bond acceptors (Lipinski definition) is 1. The lowest BCUT2D eigenvalue weighted by molar-refractivity contribution is -0.137. The molecule has 0 unspecified atom stereocenters. The Morgan fingerprint density at radius 3 is 3.11 bits per heavy atom. The van der Waals surface area contributed by atoms with Crippen LogP contribution in [-0.2, 0) is 11.2 Å². The molecule has 1 atom stereocenters. The first kappa shape index (κ1) is 11.5. The van der Waals surface area contributed by atoms with Gasteiger partial charge in [-0.25, -0.2) is 0 Å². The second-order valence-corrected chi connectivity index (χ2v) is 6.37. The molecule has 3 nitrogen and oxygen atoms in total. The van der Waals surface area contributed by atoms with Crippen molar-refractivity contribution >= 4 is 32.7 Å². The smallest absolute Gasteiger partial charge is 0.223 e. The first-order valence-corrected chi connectivity index (χ1v) is 7.63. The maximum absolute atomic E-state index is 12.0. The molecule has 0 spiro atoms. The third-order valence-corrected chi connectivity index (χ3v) is 4.90. The zero-order valence-electron chi connectivity index (χ0n) is 10.6. The van der Waals surface area contributed by atoms with Gasteiger partial charge in [0.1, 0.15) is 0 Å². The van der Waals surface area contributed by atoms with Crippen LogP contribution in [-0.4, -0.2) is 22.3 Å². The van der Waals surface area contributed by atoms with Crippen molar-refractivity contribution in [1.29, 1.82) is 0 Å². The summed E-state index contributed by atoms with van der Waals surface area (Å²) in [4.78, 5) is 17.6. The topological polar surface area (TPSA) is 36.1 Å². The van der Waals surface area contributed by atoms with Crippen LogP contribution in [0.15, 0.2) is 22.7 Å². The number of aromatic amines is 1. The number of nitrogens with zero attached hydrogens (tertiary/aromatic N) is 1. The fraction of sp³-hybridized carbons (Fsp3) is 0.400. The molecule has 1 fully saturated rings. The average Bonchev–Trinajstić information content (AvgIpc) is 2.77. The number of aromatic nitrogens is 1. The Hall–Kier alpha value is -1.29. The van der Waals surface area contributed by atoms with Gasteiger partial charge < -0.3 is 9.88 Å². The SMILES string of the molecule is O=C1CCC[C@H]2c3[nH]c4cc(Br)ccc4c3CCN12. The lowest BCUT2D eigenvalue weighted by Crippen LogP contribution is -2.42. The van der Waals surface area contributed by atoms with Crippen LogP contribution < -0.4 is 0 Å². The fourth-order valence-electron chi connectivity index (χ4n) is 3.54. The van der Waals surface area contributed by atoms with E-state index in [-0.39, 0.29) is 6.04 Å². The van der Waals surface area contributed by atoms with Gasteiger partial charge in [-0.3, -0.25) is 4.79 Å². The summed E-state index contributed by atoms with van der Waals surface area (Å²) in [6, 6.07) is 6.67. The normalized spacial score (nSPS) is 22.5. The quantitative estimate of drug-likeness (QED) is 0.792. The zero-order valence-corrected chi connectivity index (χ0v) is 12.2. The van der Waals surface area contributed by atoms with Crippen LogP contribution in [0.3, 0.4) is 0 Å². The summed E-state index contributed by atoms with van der Waals surface area (Å²) in [5.41, 5.74) is 3.87. The molecular weight excluding hydrogens is 304 g/mol. The molecule has 98 valence electrons. The van der Waals surface area contributed by atoms with Crippen molar-refractivity contribution in [3.05, 3.63) is 33.9 Å². The summed E-state index contributed by atoms with van der Waals surface area (Å²) < 4.78 is 1.09. The van der Waals surface area contributed by atoms with Crippen LogP contribution in [0.25, 0.3) is 10.9 Å². The lowest BCUT2D eigenvalue weighted by Gasteiger charge is -2.39. The zero-order chi connectivity index (χ0) is 13.0. The highest BCUT2D eigenvalue weighted by Gasteiger charge is 2.35. The molecule has 2 aliphatic heterocycles. The van der Waals surface area contributed by atoms with Crippen molar-refractivity contribution < 1.29 is 4.79 Å². The first-order valence-electron chi connectivity index (χ1n) is 6.83. The molecule has 1 N–H and O–H groups in total. The summed E-state index contributed by atoms with van der Waals surface area (Å²) in [7, 11) is 0. The van der Waals surface area contributed by atoms with Crippen molar-refractivity contribution in [3.8, 4) is 0 Å². The number of nitrogens with one attached hydrogen (secondary N) is 1. The van der Waals surface area contributed by atoms with Gasteiger partial charge >= 0.3 is 0 Å². The highest BCUT2D eigenvalue weighted by atomic mass is 79.9. The Morgan fingerprint density at radius 2 is 2.21 bits per heavy atom. The van der Waals surface area contributed by atoms with Crippen LogP contribution in [0.4, 0.5) is 0 Å². The molecule has 0 aliphatic carbocycles. The number of hydrogen-bond donors (Lipinski definition) is 1. The van der Waals surface area contributed by atoms with Crippen LogP contribution in [0.5, 0.6) is 0 Å². The Morgan fingerprint density at radius 1 is 1.32 bits per heavy atom. The minimum Gasteiger partial charge on any atom is -0.356 e. The van der Waals surface area contributed by atoms with Gasteiger partial charge in [-0.15, -0.1) is 0 Å². The van der Waals surface area contributed by atoms with Crippen molar-refractivity contribution in [3.63, 3.8) is 0 Å². The van der Waals surface area contributed by atoms with Gasteiger partial charge in [0, 0.05) is 34.0 Å². The molecule has 19 heavy (non-hydrogen) atoms. The van der Waals surface area contributed by atoms with E-state index in [4.69, 9.17) is 0 Å². The summed E-state index contributed by atoms with van der Waals surface area (Å²) >= 11 is 3.52. The summed E-state index contributed by atoms with van der Waals surface area (Å²) in [5, 5.41) is 1.32. The van der Waals surface area contributed by atoms with Gasteiger partial charge in [0.15, 0.2) is 0 Å². The van der Waals surface area contributed by atoms with E-state index in [1.165, 1.54) is 22.2 Å². The Balaban J connectivity index is 1.89. The molecule has 0 saturated carbocycles. The number of benzene rings is 1. The Kier molecular flexibility index (Phi) is 2.49. The molecule has 3 heterocycles. The lowest BCUT2D eigenvalue weighted by atomic mass is 9.90. The minimum atomic E-state index is 0.274. The highest BCUT2D eigenvalue weighted by molar-refractivity contribution is 9.10. The number of rotatable bonds is 0. The maximum Gasteiger partial charge on any atom is 0.223 e. The van der Waals surface area contributed by atoms with Crippen molar-refractivity contribution in [2.45, 2.75) is 31.7 Å². The number of amides is 1. The van der Waals surface area contributed by atoms with Gasteiger partial charge in [0.05, 0.1) is 6.04 Å². The number of halogens is 1. The fourth-order valence-corrected chi connectivity index (χ4v) is 3.90. The third kappa shape index (κ3) is 1.66. The summed E-state index contributed by atoms with van der Waals surface area (Å²) in [5.74, 6) is 0.321. The van der Waals surface area contributed by atoms with Crippen molar-refractivity contribution in [2.24, 2.45) is 0 Å². The van der Waals surface area contributed by atoms with E-state index in [0.29, 0.717) is 5.91 Å². The summed E-state index contributed by atoms with van der Waals surface area (Å²) in [6.07, 6.45) is 3.79. The highest BCUT2D eigenvalue weighted by Crippen LogP contribution is 2.40. The third-order valence-electron chi connectivity index (χ3n) is 4.40. The standard InChI is InChI=1S/C15H15BrN2O/c16-9-4-5-10-11-6-7-18-13(2-1-3-14(18)19)15(11)17-12(10)8-9/h4-5,8,13,17H,1-3,6-7H2/t13-/m0/s1. The number of carbonyl (C=O) groups is 1. The number of piperidine rings is 1. The average molecular weight is 319 g/mol. The van der Waals surface area contributed by atoms with Crippen LogP contribution in [0, 0.1) is 0 Å². The maximum atomic E-state index is 12.0. The molecule has 2 aromatic rings. The van der Waals surface area contributed by atoms with E-state index >= 15 is 0 Å². The van der Waals surface area contributed by atoms with E-state index in [1.54, 1.807) is 0 Å². The monoisotopic (exact) mass is 318 g/mol. The van der Waals surface area contributed by atoms with Gasteiger partial charge in [-0.1, -0.05) is 22.0 Å². The number of fused-ring (bicyclic) bond motifs is 5. The Labute approximate surface area is 120 Å². The van der Waals surface area contributed by atoms with Gasteiger partial charge in [-0.05, 0) is 37.0 Å². The molecule has 2 aliphatic rings. The van der Waals surface area contributed by atoms with Crippen molar-refractivity contribution in [1.82, 2.24) is 9.88 Å². The first-order chi connectivity index (χ1) is 9.24. The molecule has 4 heteroatoms. The number of carbonyl (C=O) groups excluding carboxylic acids is 1. The van der Waals surface area contributed by atoms with Crippen LogP contribution in [0.1, 0.15) is 36.6 Å². The van der Waals surface area contributed by atoms with E-state index in [2.05, 4.69) is 44.0 Å². The Bertz CT molecular complexity index is 676. The van der Waals surface area contributed by atoms with Gasteiger partial charge in [0.25, 0.3) is 0 Å². The molecule has 1 aromatic carbocycles. The molecule has 4 rings (SSSR count). The van der Waals surface area contributed by atoms with E-state index < -0.39 is 0 Å². The molecular formula is C15H15BrN2O. The summed E-state index contributed by atoms with van der Waals surface area (Å²) in [6.45, 7) is 0.875. The predicted molar refractivity (Wildman–Crippen MR) is 78.0 cm³/mol. The molecule has 0 bridgehead atoms. The van der Waals surface area contributed by atoms with E-state index in [9.17, 15) is 4.79 Å². The van der Waals surface area contributed by atoms with E-state index in [0.717, 1.165) is 36.7 Å². The van der Waals surface area contributed by atoms with Crippen LogP contribution >= 0.6 is 15.9 Å². The second kappa shape index (κ2) is 4.10. The predicted octanol–water partition coefficient (Wildman–Crippen LogP) is 3.54. The minimum absolute atomic E-state index is 0.274. The molecule has 1 aromatic heterocycles. The second-order valence-electron chi connectivity index (χ2n) is 5.45. The largest absolute Gasteiger partial charge is 0.356 e. The molecule has 0 radical (unpaired) electrons. The van der Waals surface area contributed by atoms with Crippen molar-refractivity contribution in [2.75, 3.05) is 6.54 Å². The number of H-pyrrole nitrogens is 1.